The first-order chi connectivity index (χ1) is 7.06. The van der Waals surface area contributed by atoms with Crippen molar-refractivity contribution in [1.82, 2.24) is 10.2 Å². The van der Waals surface area contributed by atoms with Crippen molar-refractivity contribution in [3.63, 3.8) is 0 Å². The largest absolute Gasteiger partial charge is 0.353 e. The lowest BCUT2D eigenvalue weighted by atomic mass is 9.98. The molecule has 5 nitrogen and oxygen atoms in total. The number of amides is 2. The van der Waals surface area contributed by atoms with Crippen LogP contribution in [0.2, 0.25) is 0 Å². The number of hydrogen-bond acceptors (Lipinski definition) is 3. The molecule has 0 aliphatic carbocycles. The maximum Gasteiger partial charge on any atom is 0.240 e. The molecular weight excluding hydrogens is 194 g/mol. The summed E-state index contributed by atoms with van der Waals surface area (Å²) in [6.45, 7) is 5.18. The summed E-state index contributed by atoms with van der Waals surface area (Å²) in [5.74, 6) is -0.0624. The summed E-state index contributed by atoms with van der Waals surface area (Å²) in [7, 11) is 0. The van der Waals surface area contributed by atoms with Gasteiger partial charge in [0.25, 0.3) is 0 Å². The molecule has 86 valence electrons. The summed E-state index contributed by atoms with van der Waals surface area (Å²) >= 11 is 0. The first-order valence-corrected chi connectivity index (χ1v) is 5.37. The van der Waals surface area contributed by atoms with Crippen molar-refractivity contribution in [2.24, 2.45) is 11.7 Å². The minimum absolute atomic E-state index is 0.106. The Labute approximate surface area is 90.0 Å². The summed E-state index contributed by atoms with van der Waals surface area (Å²) in [6, 6.07) is -0.485. The van der Waals surface area contributed by atoms with E-state index in [1.807, 2.05) is 13.8 Å². The van der Waals surface area contributed by atoms with Crippen LogP contribution in [0.5, 0.6) is 0 Å². The number of carbonyl (C=O) groups is 2. The van der Waals surface area contributed by atoms with Crippen molar-refractivity contribution >= 4 is 11.8 Å². The molecule has 2 atom stereocenters. The monoisotopic (exact) mass is 213 g/mol. The highest BCUT2D eigenvalue weighted by Gasteiger charge is 2.27. The molecule has 1 fully saturated rings. The fraction of sp³-hybridized carbons (Fsp3) is 0.800. The van der Waals surface area contributed by atoms with Crippen LogP contribution >= 0.6 is 0 Å². The van der Waals surface area contributed by atoms with Crippen molar-refractivity contribution in [3.05, 3.63) is 0 Å². The van der Waals surface area contributed by atoms with Crippen molar-refractivity contribution in [2.75, 3.05) is 19.6 Å². The number of piperazine rings is 1. The van der Waals surface area contributed by atoms with Gasteiger partial charge in [0.15, 0.2) is 0 Å². The zero-order valence-electron chi connectivity index (χ0n) is 9.32. The topological polar surface area (TPSA) is 75.4 Å². The Hall–Kier alpha value is -1.10. The molecule has 0 aromatic rings. The van der Waals surface area contributed by atoms with E-state index in [9.17, 15) is 9.59 Å². The van der Waals surface area contributed by atoms with E-state index < -0.39 is 6.04 Å². The van der Waals surface area contributed by atoms with Gasteiger partial charge < -0.3 is 16.0 Å². The summed E-state index contributed by atoms with van der Waals surface area (Å²) in [5.41, 5.74) is 5.82. The number of nitrogens with one attached hydrogen (secondary N) is 1. The Balaban J connectivity index is 2.55. The summed E-state index contributed by atoms with van der Waals surface area (Å²) < 4.78 is 0. The Morgan fingerprint density at radius 3 is 2.87 bits per heavy atom. The average Bonchev–Trinajstić information content (AvgIpc) is 2.26. The maximum absolute atomic E-state index is 11.9. The smallest absolute Gasteiger partial charge is 0.240 e. The standard InChI is InChI=1S/C10H19N3O2/c1-3-7(2)9(11)10(15)13-5-4-12-8(14)6-13/h7,9H,3-6,11H2,1-2H3,(H,12,14)/t7-,9-/m0/s1. The van der Waals surface area contributed by atoms with Crippen LogP contribution in [-0.4, -0.2) is 42.4 Å². The molecular formula is C10H19N3O2. The minimum atomic E-state index is -0.485. The molecule has 1 saturated heterocycles. The van der Waals surface area contributed by atoms with Gasteiger partial charge in [0.2, 0.25) is 11.8 Å². The van der Waals surface area contributed by atoms with Gasteiger partial charge in [-0.15, -0.1) is 0 Å². The van der Waals surface area contributed by atoms with Crippen LogP contribution in [0.4, 0.5) is 0 Å². The molecule has 0 aromatic heterocycles. The van der Waals surface area contributed by atoms with Gasteiger partial charge in [-0.1, -0.05) is 20.3 Å². The lowest BCUT2D eigenvalue weighted by Gasteiger charge is -2.30. The molecule has 2 amide bonds. The molecule has 1 heterocycles. The Bertz CT molecular complexity index is 255. The van der Waals surface area contributed by atoms with E-state index >= 15 is 0 Å². The molecule has 3 N–H and O–H groups in total. The van der Waals surface area contributed by atoms with Crippen LogP contribution in [0.3, 0.4) is 0 Å². The van der Waals surface area contributed by atoms with Gasteiger partial charge in [0.1, 0.15) is 0 Å². The van der Waals surface area contributed by atoms with Crippen LogP contribution in [0, 0.1) is 5.92 Å². The number of rotatable bonds is 3. The van der Waals surface area contributed by atoms with Crippen LogP contribution < -0.4 is 11.1 Å². The van der Waals surface area contributed by atoms with Gasteiger partial charge >= 0.3 is 0 Å². The summed E-state index contributed by atoms with van der Waals surface area (Å²) in [6.07, 6.45) is 0.868. The minimum Gasteiger partial charge on any atom is -0.353 e. The third-order valence-electron chi connectivity index (χ3n) is 2.89. The Kier molecular flexibility index (Phi) is 4.08. The third-order valence-corrected chi connectivity index (χ3v) is 2.89. The number of nitrogens with zero attached hydrogens (tertiary/aromatic N) is 1. The van der Waals surface area contributed by atoms with E-state index in [4.69, 9.17) is 5.73 Å². The molecule has 0 saturated carbocycles. The van der Waals surface area contributed by atoms with Gasteiger partial charge in [-0.3, -0.25) is 9.59 Å². The molecule has 1 aliphatic heterocycles. The van der Waals surface area contributed by atoms with Crippen molar-refractivity contribution < 1.29 is 9.59 Å². The highest BCUT2D eigenvalue weighted by atomic mass is 16.2. The zero-order chi connectivity index (χ0) is 11.4. The van der Waals surface area contributed by atoms with E-state index in [0.717, 1.165) is 6.42 Å². The predicted molar refractivity (Wildman–Crippen MR) is 57.0 cm³/mol. The van der Waals surface area contributed by atoms with Crippen LogP contribution in [0.1, 0.15) is 20.3 Å². The van der Waals surface area contributed by atoms with Gasteiger partial charge in [-0.2, -0.15) is 0 Å². The fourth-order valence-electron chi connectivity index (χ4n) is 1.53. The molecule has 0 spiro atoms. The van der Waals surface area contributed by atoms with Gasteiger partial charge in [0, 0.05) is 13.1 Å². The van der Waals surface area contributed by atoms with Gasteiger partial charge in [-0.25, -0.2) is 0 Å². The second kappa shape index (κ2) is 5.11. The van der Waals surface area contributed by atoms with E-state index in [0.29, 0.717) is 13.1 Å². The quantitative estimate of drug-likeness (QED) is 0.652. The molecule has 0 bridgehead atoms. The van der Waals surface area contributed by atoms with E-state index in [1.165, 1.54) is 4.90 Å². The predicted octanol–water partition coefficient (Wildman–Crippen LogP) is -0.682. The van der Waals surface area contributed by atoms with E-state index in [-0.39, 0.29) is 24.3 Å². The second-order valence-electron chi connectivity index (χ2n) is 4.02. The first-order valence-electron chi connectivity index (χ1n) is 5.37. The first kappa shape index (κ1) is 12.0. The lowest BCUT2D eigenvalue weighted by molar-refractivity contribution is -0.140. The average molecular weight is 213 g/mol. The maximum atomic E-state index is 11.9. The fourth-order valence-corrected chi connectivity index (χ4v) is 1.53. The molecule has 0 aromatic carbocycles. The zero-order valence-corrected chi connectivity index (χ0v) is 9.32. The highest BCUT2D eigenvalue weighted by Crippen LogP contribution is 2.09. The molecule has 15 heavy (non-hydrogen) atoms. The summed E-state index contributed by atoms with van der Waals surface area (Å²) in [4.78, 5) is 24.5. The molecule has 1 aliphatic rings. The lowest BCUT2D eigenvalue weighted by Crippen LogP contribution is -2.55. The SMILES string of the molecule is CC[C@H](C)[C@H](N)C(=O)N1CCNC(=O)C1. The van der Waals surface area contributed by atoms with E-state index in [2.05, 4.69) is 5.32 Å². The number of nitrogens with two attached hydrogens (primary N) is 1. The molecule has 0 radical (unpaired) electrons. The van der Waals surface area contributed by atoms with Gasteiger partial charge in [0.05, 0.1) is 12.6 Å². The number of carbonyl (C=O) groups excluding carboxylic acids is 2. The summed E-state index contributed by atoms with van der Waals surface area (Å²) in [5, 5.41) is 2.68. The van der Waals surface area contributed by atoms with Gasteiger partial charge in [-0.05, 0) is 5.92 Å². The van der Waals surface area contributed by atoms with Crippen molar-refractivity contribution in [1.29, 1.82) is 0 Å². The molecule has 0 unspecified atom stereocenters. The molecule has 5 heteroatoms. The Morgan fingerprint density at radius 1 is 1.67 bits per heavy atom. The second-order valence-corrected chi connectivity index (χ2v) is 4.02. The number of hydrogen-bond donors (Lipinski definition) is 2. The van der Waals surface area contributed by atoms with Crippen molar-refractivity contribution in [2.45, 2.75) is 26.3 Å². The highest BCUT2D eigenvalue weighted by molar-refractivity contribution is 5.88. The normalized spacial score (nSPS) is 20.7. The van der Waals surface area contributed by atoms with Crippen LogP contribution in [-0.2, 0) is 9.59 Å². The van der Waals surface area contributed by atoms with Crippen molar-refractivity contribution in [3.8, 4) is 0 Å². The Morgan fingerprint density at radius 2 is 2.33 bits per heavy atom. The third kappa shape index (κ3) is 2.92. The van der Waals surface area contributed by atoms with Crippen LogP contribution in [0.25, 0.3) is 0 Å². The molecule has 1 rings (SSSR count). The van der Waals surface area contributed by atoms with E-state index in [1.54, 1.807) is 0 Å². The van der Waals surface area contributed by atoms with Crippen LogP contribution in [0.15, 0.2) is 0 Å².